The van der Waals surface area contributed by atoms with Gasteiger partial charge in [-0.1, -0.05) is 59.8 Å². The monoisotopic (exact) mass is 396 g/mol. The molecule has 0 aliphatic rings. The average Bonchev–Trinajstić information content (AvgIpc) is 3.13. The van der Waals surface area contributed by atoms with Crippen molar-refractivity contribution >= 4 is 17.7 Å². The molecule has 28 heavy (non-hydrogen) atoms. The fraction of sp³-hybridized carbons (Fsp3) is 0.286. The Morgan fingerprint density at radius 1 is 1.11 bits per heavy atom. The van der Waals surface area contributed by atoms with E-state index >= 15 is 0 Å². The van der Waals surface area contributed by atoms with Crippen LogP contribution in [0.5, 0.6) is 5.75 Å². The summed E-state index contributed by atoms with van der Waals surface area (Å²) >= 11 is 1.38. The second-order valence-corrected chi connectivity index (χ2v) is 7.24. The quantitative estimate of drug-likeness (QED) is 0.560. The van der Waals surface area contributed by atoms with E-state index in [2.05, 4.69) is 15.5 Å². The Morgan fingerprint density at radius 2 is 1.86 bits per heavy atom. The lowest BCUT2D eigenvalue weighted by Gasteiger charge is -2.09. The summed E-state index contributed by atoms with van der Waals surface area (Å²) in [6.45, 7) is 5.65. The van der Waals surface area contributed by atoms with Crippen LogP contribution >= 0.6 is 11.8 Å². The van der Waals surface area contributed by atoms with E-state index in [0.717, 1.165) is 22.3 Å². The standard InChI is InChI=1S/C21H24N4O2S/c1-3-25-19(14-27-18-7-5-4-6-8-18)23-24-21(25)28-15-20(26)22-13-17-11-9-16(2)10-12-17/h4-12H,3,13-15H2,1-2H3,(H,22,26). The molecule has 6 nitrogen and oxygen atoms in total. The predicted molar refractivity (Wildman–Crippen MR) is 110 cm³/mol. The molecule has 0 aliphatic carbocycles. The maximum Gasteiger partial charge on any atom is 0.230 e. The molecule has 0 unspecified atom stereocenters. The van der Waals surface area contributed by atoms with Crippen LogP contribution in [0.4, 0.5) is 0 Å². The molecule has 0 radical (unpaired) electrons. The number of nitrogens with zero attached hydrogens (tertiary/aromatic N) is 3. The smallest absolute Gasteiger partial charge is 0.230 e. The summed E-state index contributed by atoms with van der Waals surface area (Å²) < 4.78 is 7.73. The van der Waals surface area contributed by atoms with Crippen molar-refractivity contribution in [3.8, 4) is 5.75 Å². The third-order valence-corrected chi connectivity index (χ3v) is 5.13. The van der Waals surface area contributed by atoms with Gasteiger partial charge in [0.15, 0.2) is 11.0 Å². The fourth-order valence-electron chi connectivity index (χ4n) is 2.60. The third-order valence-electron chi connectivity index (χ3n) is 4.16. The number of hydrogen-bond donors (Lipinski definition) is 1. The number of nitrogens with one attached hydrogen (secondary N) is 1. The number of benzene rings is 2. The Balaban J connectivity index is 1.50. The van der Waals surface area contributed by atoms with Crippen LogP contribution in [0.25, 0.3) is 0 Å². The molecule has 3 aromatic rings. The highest BCUT2D eigenvalue weighted by atomic mass is 32.2. The molecule has 1 N–H and O–H groups in total. The number of amides is 1. The topological polar surface area (TPSA) is 69.0 Å². The van der Waals surface area contributed by atoms with Crippen molar-refractivity contribution in [3.05, 3.63) is 71.5 Å². The zero-order valence-electron chi connectivity index (χ0n) is 16.1. The van der Waals surface area contributed by atoms with Gasteiger partial charge in [-0.15, -0.1) is 10.2 Å². The molecule has 0 fully saturated rings. The van der Waals surface area contributed by atoms with Crippen molar-refractivity contribution in [2.45, 2.75) is 38.7 Å². The van der Waals surface area contributed by atoms with E-state index in [-0.39, 0.29) is 5.91 Å². The van der Waals surface area contributed by atoms with Crippen molar-refractivity contribution in [1.29, 1.82) is 0 Å². The molecular weight excluding hydrogens is 372 g/mol. The molecule has 0 spiro atoms. The second-order valence-electron chi connectivity index (χ2n) is 6.30. The third kappa shape index (κ3) is 5.60. The van der Waals surface area contributed by atoms with E-state index in [1.807, 2.05) is 73.0 Å². The van der Waals surface area contributed by atoms with Crippen LogP contribution < -0.4 is 10.1 Å². The molecular formula is C21H24N4O2S. The Kier molecular flexibility index (Phi) is 7.08. The summed E-state index contributed by atoms with van der Waals surface area (Å²) in [7, 11) is 0. The van der Waals surface area contributed by atoms with Crippen LogP contribution in [0.2, 0.25) is 0 Å². The van der Waals surface area contributed by atoms with E-state index in [9.17, 15) is 4.79 Å². The van der Waals surface area contributed by atoms with Gasteiger partial charge in [0.25, 0.3) is 0 Å². The van der Waals surface area contributed by atoms with E-state index in [4.69, 9.17) is 4.74 Å². The largest absolute Gasteiger partial charge is 0.486 e. The summed E-state index contributed by atoms with van der Waals surface area (Å²) in [5.74, 6) is 1.80. The van der Waals surface area contributed by atoms with Crippen LogP contribution in [0.1, 0.15) is 23.9 Å². The first kappa shape index (κ1) is 19.9. The van der Waals surface area contributed by atoms with Gasteiger partial charge in [0, 0.05) is 13.1 Å². The Bertz CT molecular complexity index is 895. The number of thioether (sulfide) groups is 1. The van der Waals surface area contributed by atoms with Crippen LogP contribution in [0.3, 0.4) is 0 Å². The van der Waals surface area contributed by atoms with Crippen molar-refractivity contribution < 1.29 is 9.53 Å². The fourth-order valence-corrected chi connectivity index (χ4v) is 3.45. The molecule has 7 heteroatoms. The summed E-state index contributed by atoms with van der Waals surface area (Å²) in [6.07, 6.45) is 0. The first-order valence-electron chi connectivity index (χ1n) is 9.20. The number of para-hydroxylation sites is 1. The number of ether oxygens (including phenoxy) is 1. The number of carbonyl (C=O) groups is 1. The maximum absolute atomic E-state index is 12.2. The highest BCUT2D eigenvalue weighted by Gasteiger charge is 2.13. The minimum absolute atomic E-state index is 0.0293. The van der Waals surface area contributed by atoms with Gasteiger partial charge in [-0.2, -0.15) is 0 Å². The molecule has 1 aromatic heterocycles. The van der Waals surface area contributed by atoms with Crippen molar-refractivity contribution in [3.63, 3.8) is 0 Å². The number of aromatic nitrogens is 3. The molecule has 3 rings (SSSR count). The lowest BCUT2D eigenvalue weighted by Crippen LogP contribution is -2.24. The maximum atomic E-state index is 12.2. The van der Waals surface area contributed by atoms with Gasteiger partial charge < -0.3 is 14.6 Å². The lowest BCUT2D eigenvalue weighted by molar-refractivity contribution is -0.118. The molecule has 0 saturated heterocycles. The molecule has 0 aliphatic heterocycles. The Morgan fingerprint density at radius 3 is 2.57 bits per heavy atom. The highest BCUT2D eigenvalue weighted by Crippen LogP contribution is 2.18. The van der Waals surface area contributed by atoms with Gasteiger partial charge in [-0.25, -0.2) is 0 Å². The number of rotatable bonds is 9. The Hall–Kier alpha value is -2.80. The van der Waals surface area contributed by atoms with E-state index in [0.29, 0.717) is 25.4 Å². The first-order valence-corrected chi connectivity index (χ1v) is 10.2. The Labute approximate surface area is 169 Å². The predicted octanol–water partition coefficient (Wildman–Crippen LogP) is 3.59. The molecule has 0 bridgehead atoms. The van der Waals surface area contributed by atoms with Gasteiger partial charge in [0.1, 0.15) is 12.4 Å². The highest BCUT2D eigenvalue weighted by molar-refractivity contribution is 7.99. The van der Waals surface area contributed by atoms with Crippen LogP contribution in [-0.2, 0) is 24.5 Å². The molecule has 1 heterocycles. The van der Waals surface area contributed by atoms with Gasteiger partial charge in [-0.3, -0.25) is 4.79 Å². The lowest BCUT2D eigenvalue weighted by atomic mass is 10.1. The minimum Gasteiger partial charge on any atom is -0.486 e. The van der Waals surface area contributed by atoms with Crippen LogP contribution in [0.15, 0.2) is 59.8 Å². The van der Waals surface area contributed by atoms with Crippen LogP contribution in [0, 0.1) is 6.92 Å². The van der Waals surface area contributed by atoms with Gasteiger partial charge in [-0.05, 0) is 31.5 Å². The molecule has 146 valence electrons. The summed E-state index contributed by atoms with van der Waals surface area (Å²) in [4.78, 5) is 12.2. The zero-order chi connectivity index (χ0) is 19.8. The summed E-state index contributed by atoms with van der Waals surface area (Å²) in [5.41, 5.74) is 2.29. The first-order chi connectivity index (χ1) is 13.7. The van der Waals surface area contributed by atoms with Gasteiger partial charge >= 0.3 is 0 Å². The zero-order valence-corrected chi connectivity index (χ0v) is 16.9. The molecule has 2 aromatic carbocycles. The minimum atomic E-state index is -0.0293. The van der Waals surface area contributed by atoms with Crippen molar-refractivity contribution in [2.24, 2.45) is 0 Å². The summed E-state index contributed by atoms with van der Waals surface area (Å²) in [5, 5.41) is 12.1. The molecule has 1 amide bonds. The van der Waals surface area contributed by atoms with Crippen molar-refractivity contribution in [2.75, 3.05) is 5.75 Å². The van der Waals surface area contributed by atoms with E-state index < -0.39 is 0 Å². The second kappa shape index (κ2) is 9.94. The normalized spacial score (nSPS) is 10.6. The van der Waals surface area contributed by atoms with Crippen molar-refractivity contribution in [1.82, 2.24) is 20.1 Å². The van der Waals surface area contributed by atoms with Gasteiger partial charge in [0.2, 0.25) is 5.91 Å². The molecule has 0 saturated carbocycles. The van der Waals surface area contributed by atoms with E-state index in [1.54, 1.807) is 0 Å². The number of carbonyl (C=O) groups excluding carboxylic acids is 1. The average molecular weight is 397 g/mol. The summed E-state index contributed by atoms with van der Waals surface area (Å²) in [6, 6.07) is 17.7. The number of hydrogen-bond acceptors (Lipinski definition) is 5. The van der Waals surface area contributed by atoms with Crippen LogP contribution in [-0.4, -0.2) is 26.4 Å². The van der Waals surface area contributed by atoms with E-state index in [1.165, 1.54) is 17.3 Å². The van der Waals surface area contributed by atoms with Gasteiger partial charge in [0.05, 0.1) is 5.75 Å². The molecule has 0 atom stereocenters. The SMILES string of the molecule is CCn1c(COc2ccccc2)nnc1SCC(=O)NCc1ccc(C)cc1. The number of aryl methyl sites for hydroxylation is 1.